The van der Waals surface area contributed by atoms with Gasteiger partial charge in [-0.3, -0.25) is 4.79 Å². The average Bonchev–Trinajstić information content (AvgIpc) is 2.28. The Labute approximate surface area is 93.5 Å². The van der Waals surface area contributed by atoms with Crippen molar-refractivity contribution in [2.45, 2.75) is 25.8 Å². The molecule has 0 spiro atoms. The molecule has 1 aliphatic rings. The van der Waals surface area contributed by atoms with Crippen molar-refractivity contribution in [2.24, 2.45) is 16.8 Å². The fraction of sp³-hybridized carbons (Fsp3) is 0.778. The number of hydrogen-bond donors (Lipinski definition) is 3. The minimum atomic E-state index is -0.568. The highest BCUT2D eigenvalue weighted by Crippen LogP contribution is 2.17. The van der Waals surface area contributed by atoms with Crippen molar-refractivity contribution in [1.82, 2.24) is 5.32 Å². The van der Waals surface area contributed by atoms with Gasteiger partial charge >= 0.3 is 0 Å². The van der Waals surface area contributed by atoms with Gasteiger partial charge in [0.15, 0.2) is 5.84 Å². The predicted molar refractivity (Wildman–Crippen MR) is 61.1 cm³/mol. The zero-order valence-corrected chi connectivity index (χ0v) is 9.59. The van der Waals surface area contributed by atoms with Gasteiger partial charge in [-0.25, -0.2) is 0 Å². The van der Waals surface area contributed by atoms with Crippen LogP contribution in [-0.4, -0.2) is 34.5 Å². The number of carbonyl (C=O) groups is 1. The van der Waals surface area contributed by atoms with E-state index in [1.807, 2.05) is 11.8 Å². The molecule has 1 saturated heterocycles. The third kappa shape index (κ3) is 3.62. The number of amidine groups is 1. The van der Waals surface area contributed by atoms with Crippen molar-refractivity contribution >= 4 is 23.5 Å². The fourth-order valence-electron chi connectivity index (χ4n) is 1.40. The molecule has 0 aliphatic carbocycles. The van der Waals surface area contributed by atoms with Crippen molar-refractivity contribution in [3.63, 3.8) is 0 Å². The number of hydrogen-bond acceptors (Lipinski definition) is 4. The summed E-state index contributed by atoms with van der Waals surface area (Å²) in [4.78, 5) is 11.6. The van der Waals surface area contributed by atoms with Crippen molar-refractivity contribution < 1.29 is 10.0 Å². The molecule has 86 valence electrons. The molecule has 0 aromatic rings. The molecule has 0 aromatic carbocycles. The minimum Gasteiger partial charge on any atom is -0.409 e. The smallest absolute Gasteiger partial charge is 0.230 e. The molecule has 6 heteroatoms. The van der Waals surface area contributed by atoms with Crippen LogP contribution in [-0.2, 0) is 4.79 Å². The Balaban J connectivity index is 2.40. The summed E-state index contributed by atoms with van der Waals surface area (Å²) in [5, 5.41) is 14.2. The number of thioether (sulfide) groups is 1. The van der Waals surface area contributed by atoms with Crippen molar-refractivity contribution in [1.29, 1.82) is 0 Å². The van der Waals surface area contributed by atoms with E-state index in [4.69, 9.17) is 10.9 Å². The van der Waals surface area contributed by atoms with Gasteiger partial charge in [-0.2, -0.15) is 11.8 Å². The van der Waals surface area contributed by atoms with E-state index in [1.165, 1.54) is 5.75 Å². The largest absolute Gasteiger partial charge is 0.409 e. The Morgan fingerprint density at radius 1 is 1.73 bits per heavy atom. The maximum atomic E-state index is 11.6. The van der Waals surface area contributed by atoms with E-state index in [1.54, 1.807) is 6.92 Å². The number of rotatable bonds is 3. The molecule has 4 N–H and O–H groups in total. The van der Waals surface area contributed by atoms with Gasteiger partial charge in [0, 0.05) is 11.8 Å². The van der Waals surface area contributed by atoms with E-state index < -0.39 is 5.92 Å². The molecule has 0 aromatic heterocycles. The van der Waals surface area contributed by atoms with Gasteiger partial charge in [0.2, 0.25) is 5.91 Å². The number of nitrogens with two attached hydrogens (primary N) is 1. The standard InChI is InChI=1S/C9H17N3O2S/c1-6(8(10)12-14)9(13)11-7-3-2-4-15-5-7/h6-7,14H,2-5H2,1H3,(H2,10,12)(H,11,13). The molecule has 15 heavy (non-hydrogen) atoms. The molecule has 1 fully saturated rings. The molecule has 0 bridgehead atoms. The van der Waals surface area contributed by atoms with Gasteiger partial charge in [-0.1, -0.05) is 5.16 Å². The summed E-state index contributed by atoms with van der Waals surface area (Å²) >= 11 is 1.85. The second-order valence-corrected chi connectivity index (χ2v) is 4.82. The van der Waals surface area contributed by atoms with Crippen molar-refractivity contribution in [3.05, 3.63) is 0 Å². The van der Waals surface area contributed by atoms with Crippen LogP contribution in [0.5, 0.6) is 0 Å². The number of amides is 1. The van der Waals surface area contributed by atoms with E-state index in [9.17, 15) is 4.79 Å². The zero-order chi connectivity index (χ0) is 11.3. The maximum Gasteiger partial charge on any atom is 0.230 e. The fourth-order valence-corrected chi connectivity index (χ4v) is 2.47. The van der Waals surface area contributed by atoms with Crippen LogP contribution in [0.15, 0.2) is 5.16 Å². The quantitative estimate of drug-likeness (QED) is 0.283. The van der Waals surface area contributed by atoms with Crippen LogP contribution in [0.3, 0.4) is 0 Å². The van der Waals surface area contributed by atoms with E-state index in [0.29, 0.717) is 0 Å². The van der Waals surface area contributed by atoms with Gasteiger partial charge in [0.05, 0.1) is 5.92 Å². The SMILES string of the molecule is CC(C(=O)NC1CCCSC1)C(N)=NO. The topological polar surface area (TPSA) is 87.7 Å². The molecular formula is C9H17N3O2S. The van der Waals surface area contributed by atoms with Crippen LogP contribution in [0.4, 0.5) is 0 Å². The minimum absolute atomic E-state index is 0.0454. The molecular weight excluding hydrogens is 214 g/mol. The predicted octanol–water partition coefficient (Wildman–Crippen LogP) is 0.381. The first kappa shape index (κ1) is 12.2. The van der Waals surface area contributed by atoms with Crippen LogP contribution >= 0.6 is 11.8 Å². The highest BCUT2D eigenvalue weighted by molar-refractivity contribution is 7.99. The first-order chi connectivity index (χ1) is 7.15. The third-order valence-electron chi connectivity index (χ3n) is 2.46. The summed E-state index contributed by atoms with van der Waals surface area (Å²) in [6.07, 6.45) is 2.15. The molecule has 1 amide bonds. The van der Waals surface area contributed by atoms with Crippen LogP contribution in [0.1, 0.15) is 19.8 Å². The number of nitrogens with zero attached hydrogens (tertiary/aromatic N) is 1. The molecule has 1 rings (SSSR count). The average molecular weight is 231 g/mol. The lowest BCUT2D eigenvalue weighted by molar-refractivity contribution is -0.123. The summed E-state index contributed by atoms with van der Waals surface area (Å²) in [7, 11) is 0. The van der Waals surface area contributed by atoms with E-state index in [2.05, 4.69) is 10.5 Å². The second kappa shape index (κ2) is 5.85. The van der Waals surface area contributed by atoms with Crippen molar-refractivity contribution in [2.75, 3.05) is 11.5 Å². The highest BCUT2D eigenvalue weighted by Gasteiger charge is 2.22. The number of oxime groups is 1. The molecule has 2 atom stereocenters. The van der Waals surface area contributed by atoms with Crippen LogP contribution in [0, 0.1) is 5.92 Å². The molecule has 1 heterocycles. The van der Waals surface area contributed by atoms with Gasteiger partial charge in [-0.15, -0.1) is 0 Å². The first-order valence-electron chi connectivity index (χ1n) is 5.00. The molecule has 0 radical (unpaired) electrons. The summed E-state index contributed by atoms with van der Waals surface area (Å²) in [6, 6.07) is 0.227. The summed E-state index contributed by atoms with van der Waals surface area (Å²) in [5.41, 5.74) is 5.36. The first-order valence-corrected chi connectivity index (χ1v) is 6.16. The summed E-state index contributed by atoms with van der Waals surface area (Å²) in [5.74, 6) is 1.34. The van der Waals surface area contributed by atoms with Gasteiger partial charge < -0.3 is 16.3 Å². The van der Waals surface area contributed by atoms with Crippen LogP contribution in [0.25, 0.3) is 0 Å². The Kier molecular flexibility index (Phi) is 4.74. The zero-order valence-electron chi connectivity index (χ0n) is 8.77. The molecule has 0 saturated carbocycles. The molecule has 2 unspecified atom stereocenters. The van der Waals surface area contributed by atoms with Gasteiger partial charge in [-0.05, 0) is 25.5 Å². The van der Waals surface area contributed by atoms with Gasteiger partial charge in [0.25, 0.3) is 0 Å². The van der Waals surface area contributed by atoms with Crippen LogP contribution < -0.4 is 11.1 Å². The lowest BCUT2D eigenvalue weighted by Gasteiger charge is -2.23. The Morgan fingerprint density at radius 2 is 2.47 bits per heavy atom. The monoisotopic (exact) mass is 231 g/mol. The Bertz CT molecular complexity index is 252. The lowest BCUT2D eigenvalue weighted by Crippen LogP contribution is -2.44. The van der Waals surface area contributed by atoms with E-state index >= 15 is 0 Å². The molecule has 1 aliphatic heterocycles. The lowest BCUT2D eigenvalue weighted by atomic mass is 10.1. The number of carbonyl (C=O) groups excluding carboxylic acids is 1. The second-order valence-electron chi connectivity index (χ2n) is 3.67. The molecule has 5 nitrogen and oxygen atoms in total. The van der Waals surface area contributed by atoms with Gasteiger partial charge in [0.1, 0.15) is 0 Å². The Morgan fingerprint density at radius 3 is 3.00 bits per heavy atom. The van der Waals surface area contributed by atoms with E-state index in [-0.39, 0.29) is 17.8 Å². The Hall–Kier alpha value is -0.910. The van der Waals surface area contributed by atoms with E-state index in [0.717, 1.165) is 18.6 Å². The number of nitrogens with one attached hydrogen (secondary N) is 1. The maximum absolute atomic E-state index is 11.6. The van der Waals surface area contributed by atoms with Crippen molar-refractivity contribution in [3.8, 4) is 0 Å². The third-order valence-corrected chi connectivity index (χ3v) is 3.67. The summed E-state index contributed by atoms with van der Waals surface area (Å²) in [6.45, 7) is 1.63. The normalized spacial score (nSPS) is 24.6. The summed E-state index contributed by atoms with van der Waals surface area (Å²) < 4.78 is 0. The highest BCUT2D eigenvalue weighted by atomic mass is 32.2. The van der Waals surface area contributed by atoms with Crippen LogP contribution in [0.2, 0.25) is 0 Å².